The summed E-state index contributed by atoms with van der Waals surface area (Å²) in [5, 5.41) is 22.9. The summed E-state index contributed by atoms with van der Waals surface area (Å²) in [7, 11) is 1.40. The Kier molecular flexibility index (Phi) is 8.81. The zero-order valence-electron chi connectivity index (χ0n) is 21.4. The van der Waals surface area contributed by atoms with E-state index in [1.54, 1.807) is 18.2 Å². The Hall–Kier alpha value is -2.86. The Morgan fingerprint density at radius 1 is 0.947 bits per heavy atom. The molecule has 0 aromatic heterocycles. The Bertz CT molecular complexity index is 1090. The van der Waals surface area contributed by atoms with Crippen molar-refractivity contribution >= 4 is 11.6 Å². The minimum absolute atomic E-state index is 0.0564. The molecule has 1 amide bonds. The molecular formula is C27H34F3N3O5. The molecule has 11 heteroatoms. The normalized spacial score (nSPS) is 22.3. The minimum atomic E-state index is -1.59. The molecule has 2 aliphatic heterocycles. The highest BCUT2D eigenvalue weighted by Gasteiger charge is 2.41. The lowest BCUT2D eigenvalue weighted by Gasteiger charge is -2.42. The Morgan fingerprint density at radius 2 is 1.63 bits per heavy atom. The molecule has 0 radical (unpaired) electrons. The summed E-state index contributed by atoms with van der Waals surface area (Å²) in [6, 6.07) is 9.28. The van der Waals surface area contributed by atoms with E-state index in [0.29, 0.717) is 38.2 Å². The quantitative estimate of drug-likeness (QED) is 0.533. The van der Waals surface area contributed by atoms with Gasteiger partial charge in [-0.25, -0.2) is 13.2 Å². The zero-order valence-corrected chi connectivity index (χ0v) is 21.4. The Labute approximate surface area is 220 Å². The number of anilines is 1. The standard InChI is InChI=1S/C27H34F3N3O5/c1-37-15-25(34)33-11-10-31(17-27(36,18-33)19-38-22-13-20(28)12-21(29)14-22)16-26(35)6-8-32(9-7-26)24-5-3-2-4-23(24)30/h2-5,12-14,35-36H,6-11,15-19H2,1H3/t27-/m1/s1. The number of hydrogen-bond donors (Lipinski definition) is 2. The SMILES string of the molecule is COCC(=O)N1CCN(CC2(O)CCN(c3ccccc3F)CC2)C[C@](O)(COc2cc(F)cc(F)c2)C1. The van der Waals surface area contributed by atoms with Crippen molar-refractivity contribution in [3.8, 4) is 5.75 Å². The van der Waals surface area contributed by atoms with E-state index in [-0.39, 0.29) is 56.9 Å². The van der Waals surface area contributed by atoms with Gasteiger partial charge in [0, 0.05) is 64.6 Å². The first-order valence-corrected chi connectivity index (χ1v) is 12.6. The van der Waals surface area contributed by atoms with Crippen molar-refractivity contribution < 1.29 is 37.7 Å². The highest BCUT2D eigenvalue weighted by Crippen LogP contribution is 2.30. The van der Waals surface area contributed by atoms with Crippen LogP contribution in [0.15, 0.2) is 42.5 Å². The van der Waals surface area contributed by atoms with Crippen LogP contribution in [0.3, 0.4) is 0 Å². The number of carbonyl (C=O) groups excluding carboxylic acids is 1. The van der Waals surface area contributed by atoms with Crippen molar-refractivity contribution in [2.75, 3.05) is 71.0 Å². The summed E-state index contributed by atoms with van der Waals surface area (Å²) < 4.78 is 52.0. The summed E-state index contributed by atoms with van der Waals surface area (Å²) in [5.41, 5.74) is -2.18. The van der Waals surface area contributed by atoms with Crippen LogP contribution >= 0.6 is 0 Å². The predicted octanol–water partition coefficient (Wildman–Crippen LogP) is 2.04. The van der Waals surface area contributed by atoms with Crippen LogP contribution in [0.2, 0.25) is 0 Å². The van der Waals surface area contributed by atoms with Crippen LogP contribution in [0.4, 0.5) is 18.9 Å². The lowest BCUT2D eigenvalue weighted by atomic mass is 9.90. The molecule has 2 aliphatic rings. The van der Waals surface area contributed by atoms with Gasteiger partial charge in [-0.15, -0.1) is 0 Å². The molecular weight excluding hydrogens is 503 g/mol. The molecule has 4 rings (SSSR count). The smallest absolute Gasteiger partial charge is 0.248 e. The highest BCUT2D eigenvalue weighted by atomic mass is 19.1. The third-order valence-electron chi connectivity index (χ3n) is 7.06. The van der Waals surface area contributed by atoms with Crippen LogP contribution in [0.25, 0.3) is 0 Å². The zero-order chi connectivity index (χ0) is 27.3. The predicted molar refractivity (Wildman–Crippen MR) is 134 cm³/mol. The molecule has 0 saturated carbocycles. The molecule has 0 unspecified atom stereocenters. The highest BCUT2D eigenvalue weighted by molar-refractivity contribution is 5.77. The molecule has 0 bridgehead atoms. The second-order valence-electron chi connectivity index (χ2n) is 10.2. The van der Waals surface area contributed by atoms with Gasteiger partial charge < -0.3 is 29.5 Å². The van der Waals surface area contributed by atoms with Crippen molar-refractivity contribution in [3.63, 3.8) is 0 Å². The van der Waals surface area contributed by atoms with Gasteiger partial charge in [0.05, 0.1) is 17.8 Å². The molecule has 0 aliphatic carbocycles. The maximum Gasteiger partial charge on any atom is 0.248 e. The fourth-order valence-corrected chi connectivity index (χ4v) is 5.17. The van der Waals surface area contributed by atoms with Crippen LogP contribution in [0, 0.1) is 17.5 Å². The number of amides is 1. The summed E-state index contributed by atoms with van der Waals surface area (Å²) >= 11 is 0. The van der Waals surface area contributed by atoms with E-state index in [2.05, 4.69) is 0 Å². The maximum atomic E-state index is 14.2. The number of para-hydroxylation sites is 1. The van der Waals surface area contributed by atoms with Crippen LogP contribution < -0.4 is 9.64 Å². The van der Waals surface area contributed by atoms with Crippen LogP contribution in [0.1, 0.15) is 12.8 Å². The van der Waals surface area contributed by atoms with Gasteiger partial charge in [-0.1, -0.05) is 12.1 Å². The summed E-state index contributed by atoms with van der Waals surface area (Å²) in [4.78, 5) is 17.8. The van der Waals surface area contributed by atoms with Gasteiger partial charge in [0.1, 0.15) is 42.0 Å². The van der Waals surface area contributed by atoms with E-state index in [9.17, 15) is 28.2 Å². The summed E-state index contributed by atoms with van der Waals surface area (Å²) in [6.45, 7) is 1.29. The first kappa shape index (κ1) is 28.2. The first-order chi connectivity index (χ1) is 18.1. The molecule has 8 nitrogen and oxygen atoms in total. The van der Waals surface area contributed by atoms with Crippen molar-refractivity contribution in [2.24, 2.45) is 0 Å². The molecule has 38 heavy (non-hydrogen) atoms. The minimum Gasteiger partial charge on any atom is -0.490 e. The van der Waals surface area contributed by atoms with Crippen molar-refractivity contribution in [1.82, 2.24) is 9.80 Å². The Morgan fingerprint density at radius 3 is 2.29 bits per heavy atom. The summed E-state index contributed by atoms with van der Waals surface area (Å²) in [5.74, 6) is -2.33. The number of ether oxygens (including phenoxy) is 2. The number of carbonyl (C=O) groups is 1. The number of nitrogens with zero attached hydrogens (tertiary/aromatic N) is 3. The summed E-state index contributed by atoms with van der Waals surface area (Å²) in [6.07, 6.45) is 0.781. The second-order valence-corrected chi connectivity index (χ2v) is 10.2. The lowest BCUT2D eigenvalue weighted by Crippen LogP contribution is -2.56. The topological polar surface area (TPSA) is 85.7 Å². The maximum absolute atomic E-state index is 14.2. The number of halogens is 3. The number of β-amino-alcohol motifs (C(OH)–C–C–N with tert-alkyl or cyclic N) is 2. The van der Waals surface area contributed by atoms with E-state index in [0.717, 1.165) is 18.2 Å². The van der Waals surface area contributed by atoms with Gasteiger partial charge >= 0.3 is 0 Å². The van der Waals surface area contributed by atoms with Crippen molar-refractivity contribution in [3.05, 3.63) is 59.9 Å². The monoisotopic (exact) mass is 537 g/mol. The van der Waals surface area contributed by atoms with E-state index in [4.69, 9.17) is 9.47 Å². The number of rotatable bonds is 8. The van der Waals surface area contributed by atoms with Gasteiger partial charge in [0.25, 0.3) is 0 Å². The number of hydrogen-bond acceptors (Lipinski definition) is 7. The third-order valence-corrected chi connectivity index (χ3v) is 7.06. The molecule has 0 spiro atoms. The average molecular weight is 538 g/mol. The molecule has 2 fully saturated rings. The Balaban J connectivity index is 1.45. The fourth-order valence-electron chi connectivity index (χ4n) is 5.17. The van der Waals surface area contributed by atoms with Gasteiger partial charge in [-0.2, -0.15) is 0 Å². The lowest BCUT2D eigenvalue weighted by molar-refractivity contribution is -0.138. The number of aliphatic hydroxyl groups is 2. The fraction of sp³-hybridized carbons (Fsp3) is 0.519. The van der Waals surface area contributed by atoms with Gasteiger partial charge in [0.15, 0.2) is 0 Å². The molecule has 2 heterocycles. The van der Waals surface area contributed by atoms with Gasteiger partial charge in [-0.05, 0) is 25.0 Å². The number of piperidine rings is 1. The van der Waals surface area contributed by atoms with Gasteiger partial charge in [0.2, 0.25) is 5.91 Å². The van der Waals surface area contributed by atoms with Crippen LogP contribution in [-0.2, 0) is 9.53 Å². The van der Waals surface area contributed by atoms with E-state index in [1.807, 2.05) is 9.80 Å². The van der Waals surface area contributed by atoms with Crippen LogP contribution in [-0.4, -0.2) is 103 Å². The van der Waals surface area contributed by atoms with Crippen molar-refractivity contribution in [2.45, 2.75) is 24.0 Å². The average Bonchev–Trinajstić information content (AvgIpc) is 3.02. The largest absolute Gasteiger partial charge is 0.490 e. The van der Waals surface area contributed by atoms with E-state index in [1.165, 1.54) is 18.1 Å². The molecule has 2 saturated heterocycles. The molecule has 2 aromatic rings. The molecule has 1 atom stereocenters. The van der Waals surface area contributed by atoms with Crippen LogP contribution in [0.5, 0.6) is 5.75 Å². The van der Waals surface area contributed by atoms with Crippen molar-refractivity contribution in [1.29, 1.82) is 0 Å². The molecule has 2 aromatic carbocycles. The third kappa shape index (κ3) is 7.16. The number of methoxy groups -OCH3 is 1. The second kappa shape index (κ2) is 11.9. The first-order valence-electron chi connectivity index (χ1n) is 12.6. The van der Waals surface area contributed by atoms with E-state index < -0.39 is 22.8 Å². The van der Waals surface area contributed by atoms with E-state index >= 15 is 0 Å². The van der Waals surface area contributed by atoms with Gasteiger partial charge in [-0.3, -0.25) is 9.69 Å². The molecule has 208 valence electrons. The number of benzene rings is 2. The molecule has 2 N–H and O–H groups in total.